The molecule has 0 bridgehead atoms. The van der Waals surface area contributed by atoms with Gasteiger partial charge >= 0.3 is 0 Å². The molecule has 2 heterocycles. The van der Waals surface area contributed by atoms with Crippen LogP contribution in [0, 0.1) is 5.92 Å². The summed E-state index contributed by atoms with van der Waals surface area (Å²) in [4.78, 5) is 27.6. The maximum absolute atomic E-state index is 12.6. The van der Waals surface area contributed by atoms with E-state index in [0.717, 1.165) is 4.88 Å². The lowest BCUT2D eigenvalue weighted by Gasteiger charge is -2.45. The number of nitrogens with zero attached hydrogens (tertiary/aromatic N) is 1. The highest BCUT2D eigenvalue weighted by Crippen LogP contribution is 2.26. The lowest BCUT2D eigenvalue weighted by molar-refractivity contribution is -0.157. The van der Waals surface area contributed by atoms with Crippen LogP contribution in [0.2, 0.25) is 0 Å². The molecular weight excluding hydrogens is 260 g/mol. The Morgan fingerprint density at radius 3 is 2.63 bits per heavy atom. The number of amides is 2. The Balaban J connectivity index is 2.29. The van der Waals surface area contributed by atoms with Gasteiger partial charge in [-0.15, -0.1) is 11.3 Å². The van der Waals surface area contributed by atoms with E-state index in [9.17, 15) is 9.59 Å². The van der Waals surface area contributed by atoms with Crippen LogP contribution >= 0.6 is 11.3 Å². The van der Waals surface area contributed by atoms with Crippen LogP contribution in [0.4, 0.5) is 0 Å². The van der Waals surface area contributed by atoms with Gasteiger partial charge in [0.05, 0.1) is 6.54 Å². The van der Waals surface area contributed by atoms with Crippen LogP contribution in [0.1, 0.15) is 32.6 Å². The largest absolute Gasteiger partial charge is 0.342 e. The van der Waals surface area contributed by atoms with Gasteiger partial charge in [0.15, 0.2) is 0 Å². The monoisotopic (exact) mass is 280 g/mol. The van der Waals surface area contributed by atoms with Crippen molar-refractivity contribution in [3.05, 3.63) is 22.4 Å². The van der Waals surface area contributed by atoms with E-state index in [1.165, 1.54) is 0 Å². The summed E-state index contributed by atoms with van der Waals surface area (Å²) in [5.74, 6) is 0.0220. The molecule has 5 heteroatoms. The van der Waals surface area contributed by atoms with Crippen molar-refractivity contribution >= 4 is 23.2 Å². The Hall–Kier alpha value is -1.36. The van der Waals surface area contributed by atoms with E-state index in [0.29, 0.717) is 6.54 Å². The molecule has 1 atom stereocenters. The van der Waals surface area contributed by atoms with Gasteiger partial charge in [-0.1, -0.05) is 19.9 Å². The van der Waals surface area contributed by atoms with E-state index >= 15 is 0 Å². The lowest BCUT2D eigenvalue weighted by Crippen LogP contribution is -2.68. The van der Waals surface area contributed by atoms with Crippen LogP contribution in [-0.2, 0) is 16.1 Å². The van der Waals surface area contributed by atoms with Crippen LogP contribution in [-0.4, -0.2) is 28.3 Å². The molecule has 1 fully saturated rings. The molecule has 1 aliphatic heterocycles. The van der Waals surface area contributed by atoms with Gasteiger partial charge in [0.25, 0.3) is 0 Å². The molecule has 2 amide bonds. The minimum Gasteiger partial charge on any atom is -0.342 e. The Labute approximate surface area is 117 Å². The molecule has 1 aromatic heterocycles. The molecule has 2 rings (SSSR count). The van der Waals surface area contributed by atoms with Gasteiger partial charge in [0.1, 0.15) is 11.6 Å². The summed E-state index contributed by atoms with van der Waals surface area (Å²) in [7, 11) is 0. The topological polar surface area (TPSA) is 49.4 Å². The van der Waals surface area contributed by atoms with Gasteiger partial charge in [-0.2, -0.15) is 0 Å². The Morgan fingerprint density at radius 2 is 2.11 bits per heavy atom. The van der Waals surface area contributed by atoms with Gasteiger partial charge in [0.2, 0.25) is 11.8 Å². The Morgan fingerprint density at radius 1 is 1.42 bits per heavy atom. The summed E-state index contributed by atoms with van der Waals surface area (Å²) < 4.78 is 0. The number of thiophene rings is 1. The summed E-state index contributed by atoms with van der Waals surface area (Å²) >= 11 is 1.60. The number of carbonyl (C=O) groups excluding carboxylic acids is 2. The van der Waals surface area contributed by atoms with Crippen molar-refractivity contribution in [3.8, 4) is 0 Å². The first kappa shape index (κ1) is 14.1. The minimum absolute atomic E-state index is 0.00741. The second kappa shape index (κ2) is 4.96. The van der Waals surface area contributed by atoms with Crippen molar-refractivity contribution in [1.29, 1.82) is 0 Å². The highest BCUT2D eigenvalue weighted by Gasteiger charge is 2.46. The van der Waals surface area contributed by atoms with Crippen molar-refractivity contribution in [2.45, 2.75) is 45.8 Å². The summed E-state index contributed by atoms with van der Waals surface area (Å²) in [5.41, 5.74) is -0.799. The van der Waals surface area contributed by atoms with E-state index in [1.54, 1.807) is 30.1 Å². The third-order valence-corrected chi connectivity index (χ3v) is 4.47. The average molecular weight is 280 g/mol. The zero-order chi connectivity index (χ0) is 14.2. The summed E-state index contributed by atoms with van der Waals surface area (Å²) in [5, 5.41) is 4.82. The van der Waals surface area contributed by atoms with E-state index in [4.69, 9.17) is 0 Å². The predicted molar refractivity (Wildman–Crippen MR) is 75.7 cm³/mol. The zero-order valence-corrected chi connectivity index (χ0v) is 12.6. The molecule has 1 aromatic rings. The van der Waals surface area contributed by atoms with E-state index in [2.05, 4.69) is 5.32 Å². The second-order valence-corrected chi connectivity index (χ2v) is 6.79. The number of nitrogens with one attached hydrogen (secondary N) is 1. The zero-order valence-electron chi connectivity index (χ0n) is 11.8. The van der Waals surface area contributed by atoms with Crippen molar-refractivity contribution in [1.82, 2.24) is 10.2 Å². The van der Waals surface area contributed by atoms with Crippen LogP contribution in [0.3, 0.4) is 0 Å². The standard InChI is InChI=1S/C14H20N2O2S/c1-9(2)11-12(17)16(8-10-6-5-7-19-10)14(3,4)13(18)15-11/h5-7,9,11H,8H2,1-4H3,(H,15,18). The Kier molecular flexibility index (Phi) is 3.67. The van der Waals surface area contributed by atoms with Crippen molar-refractivity contribution in [2.75, 3.05) is 0 Å². The van der Waals surface area contributed by atoms with Crippen LogP contribution in [0.25, 0.3) is 0 Å². The molecule has 0 saturated carbocycles. The maximum atomic E-state index is 12.6. The van der Waals surface area contributed by atoms with Crippen LogP contribution in [0.15, 0.2) is 17.5 Å². The first-order valence-corrected chi connectivity index (χ1v) is 7.37. The molecule has 1 unspecified atom stereocenters. The molecule has 4 nitrogen and oxygen atoms in total. The molecule has 0 spiro atoms. The summed E-state index contributed by atoms with van der Waals surface area (Å²) in [6, 6.07) is 3.53. The molecule has 1 aliphatic rings. The minimum atomic E-state index is -0.799. The molecule has 104 valence electrons. The molecule has 19 heavy (non-hydrogen) atoms. The number of hydrogen-bond acceptors (Lipinski definition) is 3. The summed E-state index contributed by atoms with van der Waals surface area (Å²) in [6.07, 6.45) is 0. The lowest BCUT2D eigenvalue weighted by atomic mass is 9.91. The van der Waals surface area contributed by atoms with Crippen molar-refractivity contribution in [3.63, 3.8) is 0 Å². The normalized spacial score (nSPS) is 22.8. The van der Waals surface area contributed by atoms with Crippen LogP contribution in [0.5, 0.6) is 0 Å². The van der Waals surface area contributed by atoms with E-state index in [-0.39, 0.29) is 17.7 Å². The first-order chi connectivity index (χ1) is 8.84. The van der Waals surface area contributed by atoms with Crippen molar-refractivity contribution < 1.29 is 9.59 Å². The quantitative estimate of drug-likeness (QED) is 0.920. The molecular formula is C14H20N2O2S. The highest BCUT2D eigenvalue weighted by atomic mass is 32.1. The number of piperazine rings is 1. The molecule has 0 radical (unpaired) electrons. The first-order valence-electron chi connectivity index (χ1n) is 6.49. The van der Waals surface area contributed by atoms with E-state index < -0.39 is 11.6 Å². The van der Waals surface area contributed by atoms with Crippen molar-refractivity contribution in [2.24, 2.45) is 5.92 Å². The second-order valence-electron chi connectivity index (χ2n) is 5.76. The summed E-state index contributed by atoms with van der Waals surface area (Å²) in [6.45, 7) is 7.99. The number of carbonyl (C=O) groups is 2. The SMILES string of the molecule is CC(C)C1NC(=O)C(C)(C)N(Cc2cccs2)C1=O. The third-order valence-electron chi connectivity index (χ3n) is 3.61. The van der Waals surface area contributed by atoms with E-state index in [1.807, 2.05) is 31.4 Å². The van der Waals surface area contributed by atoms with Gasteiger partial charge in [0, 0.05) is 4.88 Å². The average Bonchev–Trinajstić information content (AvgIpc) is 2.82. The van der Waals surface area contributed by atoms with Gasteiger partial charge in [-0.05, 0) is 31.2 Å². The fourth-order valence-electron chi connectivity index (χ4n) is 2.23. The van der Waals surface area contributed by atoms with Gasteiger partial charge < -0.3 is 10.2 Å². The number of hydrogen-bond donors (Lipinski definition) is 1. The molecule has 1 N–H and O–H groups in total. The fraction of sp³-hybridized carbons (Fsp3) is 0.571. The molecule has 0 aromatic carbocycles. The van der Waals surface area contributed by atoms with Gasteiger partial charge in [-0.25, -0.2) is 0 Å². The third kappa shape index (κ3) is 2.52. The Bertz CT molecular complexity index is 480. The fourth-order valence-corrected chi connectivity index (χ4v) is 2.92. The molecule has 0 aliphatic carbocycles. The maximum Gasteiger partial charge on any atom is 0.246 e. The van der Waals surface area contributed by atoms with Crippen LogP contribution < -0.4 is 5.32 Å². The number of rotatable bonds is 3. The smallest absolute Gasteiger partial charge is 0.246 e. The molecule has 1 saturated heterocycles. The highest BCUT2D eigenvalue weighted by molar-refractivity contribution is 7.09. The van der Waals surface area contributed by atoms with Gasteiger partial charge in [-0.3, -0.25) is 9.59 Å². The predicted octanol–water partition coefficient (Wildman–Crippen LogP) is 2.01.